The molecule has 66 valence electrons. The van der Waals surface area contributed by atoms with E-state index in [2.05, 4.69) is 16.8 Å². The Balaban J connectivity index is 2.11. The van der Waals surface area contributed by atoms with Crippen LogP contribution in [0, 0.1) is 0 Å². The Kier molecular flexibility index (Phi) is 1.41. The van der Waals surface area contributed by atoms with Crippen LogP contribution in [-0.2, 0) is 7.05 Å². The summed E-state index contributed by atoms with van der Waals surface area (Å²) in [6.07, 6.45) is 3.75. The second-order valence-electron chi connectivity index (χ2n) is 3.85. The van der Waals surface area contributed by atoms with Gasteiger partial charge in [0.1, 0.15) is 0 Å². The minimum absolute atomic E-state index is 0.0219. The Morgan fingerprint density at radius 1 is 1.58 bits per heavy atom. The minimum atomic E-state index is -0.0219. The molecule has 0 radical (unpaired) electrons. The van der Waals surface area contributed by atoms with Crippen molar-refractivity contribution in [1.82, 2.24) is 9.55 Å². The Morgan fingerprint density at radius 3 is 2.67 bits per heavy atom. The summed E-state index contributed by atoms with van der Waals surface area (Å²) in [4.78, 5) is 6.42. The van der Waals surface area contributed by atoms with Gasteiger partial charge in [0.15, 0.2) is 0 Å². The molecule has 12 heavy (non-hydrogen) atoms. The fourth-order valence-electron chi connectivity index (χ4n) is 1.63. The highest BCUT2D eigenvalue weighted by Gasteiger charge is 2.36. The predicted octanol–water partition coefficient (Wildman–Crippen LogP) is -0.0425. The fraction of sp³-hybridized carbons (Fsp3) is 0.625. The number of hydrogen-bond donors (Lipinski definition) is 1. The van der Waals surface area contributed by atoms with Gasteiger partial charge in [0.05, 0.1) is 0 Å². The van der Waals surface area contributed by atoms with E-state index in [4.69, 9.17) is 5.73 Å². The topological polar surface area (TPSA) is 47.1 Å². The van der Waals surface area contributed by atoms with Gasteiger partial charge in [-0.2, -0.15) is 0 Å². The number of anilines is 1. The van der Waals surface area contributed by atoms with E-state index < -0.39 is 0 Å². The molecule has 1 aromatic rings. The second kappa shape index (κ2) is 2.23. The summed E-state index contributed by atoms with van der Waals surface area (Å²) in [5.41, 5.74) is 5.87. The quantitative estimate of drug-likeness (QED) is 0.636. The molecule has 0 bridgehead atoms. The largest absolute Gasteiger partial charge is 0.338 e. The molecule has 0 saturated carbocycles. The van der Waals surface area contributed by atoms with Gasteiger partial charge in [0, 0.05) is 38.1 Å². The molecule has 0 spiro atoms. The Hall–Kier alpha value is -1.03. The number of aromatic nitrogens is 2. The van der Waals surface area contributed by atoms with E-state index in [1.807, 2.05) is 24.0 Å². The van der Waals surface area contributed by atoms with Crippen molar-refractivity contribution < 1.29 is 0 Å². The van der Waals surface area contributed by atoms with Gasteiger partial charge in [-0.15, -0.1) is 0 Å². The van der Waals surface area contributed by atoms with Crippen LogP contribution in [0.1, 0.15) is 6.92 Å². The summed E-state index contributed by atoms with van der Waals surface area (Å²) in [6, 6.07) is 0. The van der Waals surface area contributed by atoms with Gasteiger partial charge >= 0.3 is 0 Å². The van der Waals surface area contributed by atoms with E-state index in [0.29, 0.717) is 0 Å². The maximum atomic E-state index is 5.89. The summed E-state index contributed by atoms with van der Waals surface area (Å²) >= 11 is 0. The lowest BCUT2D eigenvalue weighted by molar-refractivity contribution is 0.357. The molecular weight excluding hydrogens is 152 g/mol. The lowest BCUT2D eigenvalue weighted by Crippen LogP contribution is -2.66. The Morgan fingerprint density at radius 2 is 2.25 bits per heavy atom. The first kappa shape index (κ1) is 7.61. The lowest BCUT2D eigenvalue weighted by Gasteiger charge is -2.45. The van der Waals surface area contributed by atoms with Crippen LogP contribution < -0.4 is 10.6 Å². The SMILES string of the molecule is Cn1ccnc1N1CC(C)(N)C1. The van der Waals surface area contributed by atoms with E-state index >= 15 is 0 Å². The molecule has 1 aliphatic heterocycles. The molecule has 0 aliphatic carbocycles. The molecule has 1 fully saturated rings. The number of aryl methyl sites for hydroxylation is 1. The van der Waals surface area contributed by atoms with Gasteiger partial charge in [-0.1, -0.05) is 0 Å². The van der Waals surface area contributed by atoms with Gasteiger partial charge in [-0.25, -0.2) is 4.98 Å². The first-order valence-electron chi connectivity index (χ1n) is 4.10. The van der Waals surface area contributed by atoms with E-state index in [1.54, 1.807) is 0 Å². The molecule has 2 N–H and O–H groups in total. The molecular formula is C8H14N4. The lowest BCUT2D eigenvalue weighted by atomic mass is 9.94. The van der Waals surface area contributed by atoms with E-state index in [-0.39, 0.29) is 5.54 Å². The molecule has 0 amide bonds. The Labute approximate surface area is 72.0 Å². The van der Waals surface area contributed by atoms with Crippen molar-refractivity contribution in [2.24, 2.45) is 12.8 Å². The summed E-state index contributed by atoms with van der Waals surface area (Å²) < 4.78 is 2.01. The van der Waals surface area contributed by atoms with Crippen molar-refractivity contribution in [2.45, 2.75) is 12.5 Å². The third kappa shape index (κ3) is 1.08. The number of hydrogen-bond acceptors (Lipinski definition) is 3. The highest BCUT2D eigenvalue weighted by molar-refractivity contribution is 5.38. The summed E-state index contributed by atoms with van der Waals surface area (Å²) in [6.45, 7) is 3.86. The van der Waals surface area contributed by atoms with Crippen molar-refractivity contribution in [1.29, 1.82) is 0 Å². The molecule has 0 unspecified atom stereocenters. The van der Waals surface area contributed by atoms with Crippen molar-refractivity contribution in [3.05, 3.63) is 12.4 Å². The second-order valence-corrected chi connectivity index (χ2v) is 3.85. The van der Waals surface area contributed by atoms with Crippen LogP contribution in [-0.4, -0.2) is 28.2 Å². The summed E-state index contributed by atoms with van der Waals surface area (Å²) in [7, 11) is 1.99. The molecule has 4 heteroatoms. The van der Waals surface area contributed by atoms with Crippen LogP contribution in [0.4, 0.5) is 5.95 Å². The normalized spacial score (nSPS) is 20.8. The average Bonchev–Trinajstić information content (AvgIpc) is 2.30. The molecule has 0 atom stereocenters. The minimum Gasteiger partial charge on any atom is -0.338 e. The zero-order chi connectivity index (χ0) is 8.77. The summed E-state index contributed by atoms with van der Waals surface area (Å²) in [5.74, 6) is 1.01. The predicted molar refractivity (Wildman–Crippen MR) is 48.0 cm³/mol. The third-order valence-electron chi connectivity index (χ3n) is 2.18. The molecule has 1 aliphatic rings. The maximum Gasteiger partial charge on any atom is 0.205 e. The van der Waals surface area contributed by atoms with Crippen molar-refractivity contribution >= 4 is 5.95 Å². The van der Waals surface area contributed by atoms with E-state index in [9.17, 15) is 0 Å². The van der Waals surface area contributed by atoms with Crippen LogP contribution in [0.15, 0.2) is 12.4 Å². The maximum absolute atomic E-state index is 5.89. The highest BCUT2D eigenvalue weighted by atomic mass is 15.4. The van der Waals surface area contributed by atoms with Crippen LogP contribution in [0.5, 0.6) is 0 Å². The summed E-state index contributed by atoms with van der Waals surface area (Å²) in [5, 5.41) is 0. The molecule has 1 saturated heterocycles. The molecule has 1 aromatic heterocycles. The zero-order valence-electron chi connectivity index (χ0n) is 7.49. The third-order valence-corrected chi connectivity index (χ3v) is 2.18. The van der Waals surface area contributed by atoms with Gasteiger partial charge in [-0.05, 0) is 6.92 Å². The van der Waals surface area contributed by atoms with Crippen LogP contribution >= 0.6 is 0 Å². The number of rotatable bonds is 1. The number of imidazole rings is 1. The van der Waals surface area contributed by atoms with Crippen molar-refractivity contribution in [3.63, 3.8) is 0 Å². The zero-order valence-corrected chi connectivity index (χ0v) is 7.49. The van der Waals surface area contributed by atoms with Crippen molar-refractivity contribution in [2.75, 3.05) is 18.0 Å². The Bertz CT molecular complexity index is 281. The van der Waals surface area contributed by atoms with Gasteiger partial charge < -0.3 is 15.2 Å². The smallest absolute Gasteiger partial charge is 0.205 e. The number of nitrogens with zero attached hydrogens (tertiary/aromatic N) is 3. The van der Waals surface area contributed by atoms with E-state index in [1.165, 1.54) is 0 Å². The van der Waals surface area contributed by atoms with Crippen LogP contribution in [0.25, 0.3) is 0 Å². The molecule has 2 rings (SSSR count). The monoisotopic (exact) mass is 166 g/mol. The average molecular weight is 166 g/mol. The van der Waals surface area contributed by atoms with Crippen LogP contribution in [0.2, 0.25) is 0 Å². The molecule has 2 heterocycles. The number of nitrogens with two attached hydrogens (primary N) is 1. The van der Waals surface area contributed by atoms with Crippen LogP contribution in [0.3, 0.4) is 0 Å². The fourth-order valence-corrected chi connectivity index (χ4v) is 1.63. The first-order valence-corrected chi connectivity index (χ1v) is 4.10. The first-order chi connectivity index (χ1) is 5.58. The molecule has 0 aromatic carbocycles. The standard InChI is InChI=1S/C8H14N4/c1-8(9)5-12(6-8)7-10-3-4-11(7)2/h3-4H,5-6,9H2,1-2H3. The van der Waals surface area contributed by atoms with E-state index in [0.717, 1.165) is 19.0 Å². The molecule has 4 nitrogen and oxygen atoms in total. The van der Waals surface area contributed by atoms with Gasteiger partial charge in [0.25, 0.3) is 0 Å². The van der Waals surface area contributed by atoms with Crippen molar-refractivity contribution in [3.8, 4) is 0 Å². The van der Waals surface area contributed by atoms with Gasteiger partial charge in [0.2, 0.25) is 5.95 Å². The van der Waals surface area contributed by atoms with Gasteiger partial charge in [-0.3, -0.25) is 0 Å². The highest BCUT2D eigenvalue weighted by Crippen LogP contribution is 2.23.